The average Bonchev–Trinajstić information content (AvgIpc) is 1.60. The number of nitrogens with one attached hydrogen (secondary N) is 4. The molecule has 10 heteroatoms. The Labute approximate surface area is 725 Å². The molecule has 18 rings (SSSR count). The number of aryl methyl sites for hydroxylation is 18. The van der Waals surface area contributed by atoms with Gasteiger partial charge in [0.15, 0.2) is 0 Å². The van der Waals surface area contributed by atoms with Gasteiger partial charge in [0.05, 0.1) is 0 Å². The number of nitrogens with zero attached hydrogens (tertiary/aromatic N) is 4. The van der Waals surface area contributed by atoms with Crippen LogP contribution in [0.25, 0.3) is 182 Å². The summed E-state index contributed by atoms with van der Waals surface area (Å²) in [5.41, 5.74) is 55.4. The van der Waals surface area contributed by atoms with Crippen molar-refractivity contribution < 1.29 is 19.9 Å². The third-order valence-corrected chi connectivity index (χ3v) is 23.8. The first-order valence-corrected chi connectivity index (χ1v) is 40.4. The molecule has 0 spiro atoms. The molecular formula is C108H94Mg2N8+4. The van der Waals surface area contributed by atoms with Gasteiger partial charge < -0.3 is 19.9 Å². The molecule has 118 heavy (non-hydrogen) atoms. The summed E-state index contributed by atoms with van der Waals surface area (Å²) in [6.07, 6.45) is 17.8. The van der Waals surface area contributed by atoms with Crippen LogP contribution in [-0.2, 0) is 0 Å². The van der Waals surface area contributed by atoms with Crippen LogP contribution in [0.5, 0.6) is 0 Å². The van der Waals surface area contributed by atoms with Crippen LogP contribution in [0, 0.1) is 136 Å². The Morgan fingerprint density at radius 3 is 0.483 bits per heavy atom. The summed E-state index contributed by atoms with van der Waals surface area (Å²) in [6.45, 7) is 39.8. The monoisotopic (exact) mass is 1550 g/mol. The number of benzene rings is 8. The fourth-order valence-electron chi connectivity index (χ4n) is 19.6. The summed E-state index contributed by atoms with van der Waals surface area (Å²) >= 11 is 0. The first-order valence-electron chi connectivity index (χ1n) is 40.4. The fraction of sp³-hybridized carbons (Fsp3) is 0.167. The van der Waals surface area contributed by atoms with E-state index in [-0.39, 0.29) is 46.1 Å². The second-order valence-corrected chi connectivity index (χ2v) is 33.1. The van der Waals surface area contributed by atoms with E-state index in [1.807, 2.05) is 0 Å². The number of aromatic amines is 4. The van der Waals surface area contributed by atoms with Crippen LogP contribution >= 0.6 is 0 Å². The van der Waals surface area contributed by atoms with Gasteiger partial charge in [0, 0.05) is 104 Å². The maximum absolute atomic E-state index is 5.75. The molecule has 0 atom stereocenters. The summed E-state index contributed by atoms with van der Waals surface area (Å²) in [5, 5.41) is 0. The Balaban J connectivity index is 0.00000520. The van der Waals surface area contributed by atoms with Crippen LogP contribution in [0.1, 0.15) is 157 Å². The van der Waals surface area contributed by atoms with Crippen LogP contribution in [-0.4, -0.2) is 46.1 Å². The summed E-state index contributed by atoms with van der Waals surface area (Å²) < 4.78 is 0. The van der Waals surface area contributed by atoms with E-state index in [1.165, 1.54) is 111 Å². The van der Waals surface area contributed by atoms with Crippen molar-refractivity contribution in [1.82, 2.24) is 19.9 Å². The van der Waals surface area contributed by atoms with E-state index in [1.54, 1.807) is 0 Å². The molecule has 6 aromatic heterocycles. The Hall–Kier alpha value is -11.9. The van der Waals surface area contributed by atoms with Crippen molar-refractivity contribution in [2.24, 2.45) is 0 Å². The third-order valence-electron chi connectivity index (χ3n) is 23.8. The number of hydrogen-bond donors (Lipinski definition) is 0. The molecule has 8 nitrogen and oxygen atoms in total. The molecular weight excluding hydrogens is 1460 g/mol. The number of aromatic nitrogens is 8. The molecule has 0 fully saturated rings. The quantitative estimate of drug-likeness (QED) is 0.111. The van der Waals surface area contributed by atoms with Crippen molar-refractivity contribution in [2.75, 3.05) is 0 Å². The van der Waals surface area contributed by atoms with Gasteiger partial charge in [0.1, 0.15) is 0 Å². The minimum Gasteiger partial charge on any atom is -0.656 e. The van der Waals surface area contributed by atoms with Gasteiger partial charge in [-0.1, -0.05) is 191 Å². The average molecular weight is 1550 g/mol. The molecule has 4 aliphatic heterocycles. The van der Waals surface area contributed by atoms with E-state index in [9.17, 15) is 0 Å². The van der Waals surface area contributed by atoms with Crippen molar-refractivity contribution in [3.63, 3.8) is 0 Å². The van der Waals surface area contributed by atoms with E-state index in [2.05, 4.69) is 375 Å². The van der Waals surface area contributed by atoms with Gasteiger partial charge in [-0.15, -0.1) is 44.1 Å². The van der Waals surface area contributed by atoms with Gasteiger partial charge in [-0.2, -0.15) is 0 Å². The van der Waals surface area contributed by atoms with Crippen molar-refractivity contribution in [3.8, 4) is 101 Å². The van der Waals surface area contributed by atoms with Gasteiger partial charge in [-0.05, 0) is 260 Å². The van der Waals surface area contributed by atoms with Gasteiger partial charge >= 0.3 is 46.1 Å². The van der Waals surface area contributed by atoms with Crippen LogP contribution in [0.4, 0.5) is 0 Å². The maximum atomic E-state index is 5.75. The minimum atomic E-state index is 0. The molecule has 0 aliphatic carbocycles. The van der Waals surface area contributed by atoms with Crippen LogP contribution in [0.15, 0.2) is 170 Å². The van der Waals surface area contributed by atoms with Crippen molar-refractivity contribution in [3.05, 3.63) is 327 Å². The zero-order valence-corrected chi connectivity index (χ0v) is 73.8. The number of rotatable bonds is 8. The molecule has 0 saturated heterocycles. The summed E-state index contributed by atoms with van der Waals surface area (Å²) in [5.74, 6) is 7.17. The van der Waals surface area contributed by atoms with E-state index in [0.29, 0.717) is 0 Å². The Morgan fingerprint density at radius 2 is 0.322 bits per heavy atom. The minimum absolute atomic E-state index is 0. The molecule has 4 N–H and O–H groups in total. The van der Waals surface area contributed by atoms with Gasteiger partial charge in [0.25, 0.3) is 0 Å². The zero-order chi connectivity index (χ0) is 80.5. The fourth-order valence-corrected chi connectivity index (χ4v) is 19.6. The van der Waals surface area contributed by atoms with Crippen LogP contribution in [0.3, 0.4) is 0 Å². The molecule has 566 valence electrons. The normalized spacial score (nSPS) is 12.0. The standard InChI is InChI=1S/C108H90N8.2Mg/c1-57-45-63(7)95(64(8)46-57)103-83-33-29-79(109-83)101(80-30-34-84(110-80)104(96-65(9)47-58(2)48-66(96)10)88-38-42-92(114-88)107(91-41-37-87(103)113-91)99-71(15)53-61(5)54-72(99)16)77-25-21-75(22-26-77)19-20-76-23-27-78(28-24-76)102-81-31-35-85(111-81)105(97-67(11)49-59(3)50-68(97)12)89-39-43-93(115-89)108(100-73(17)55-62(6)56-74(100)18)94-44-40-90(116-94)106(86-36-32-82(102)112-86)98-69(13)51-60(4)52-70(98)14;;/h21-56H,1-18H3;;/q-4;2*+2/p+4. The number of hydrogen-bond acceptors (Lipinski definition) is 0. The Kier molecular flexibility index (Phi) is 21.3. The number of fused-ring (bicyclic) bond motifs is 16. The summed E-state index contributed by atoms with van der Waals surface area (Å²) in [6, 6.07) is 62.4. The summed E-state index contributed by atoms with van der Waals surface area (Å²) in [7, 11) is 0. The second kappa shape index (κ2) is 31.5. The third kappa shape index (κ3) is 14.4. The predicted molar refractivity (Wildman–Crippen MR) is 495 cm³/mol. The largest absolute Gasteiger partial charge is 2.00 e. The summed E-state index contributed by atoms with van der Waals surface area (Å²) in [4.78, 5) is 39.1. The van der Waals surface area contributed by atoms with E-state index in [0.717, 1.165) is 179 Å². The van der Waals surface area contributed by atoms with Crippen molar-refractivity contribution in [1.29, 1.82) is 0 Å². The molecule has 0 amide bonds. The molecule has 14 aromatic rings. The molecule has 10 heterocycles. The van der Waals surface area contributed by atoms with Crippen LogP contribution < -0.4 is 39.9 Å². The second-order valence-electron chi connectivity index (χ2n) is 33.1. The SMILES string of the molecule is Cc1cc(C)c(-c2c3[nH+]c(c(-c4ccc(C#Cc5ccc(-c6c7[nH+]c(c(-c8c(C)cc(C)cc8C)c8ccc([n-]8)c(-c8c(C)cc(C)cc8C)c8[nH+]c(c(-c9c(C)cc(C)cc9C)c9ccc6[n-]9)C=C8)C=C7)cc5)cc4)c4ccc([n-]4)c(-c4c(C)cc(C)cc4C)c4[nH+]c(c(-c5c(C)cc(C)cc5C)c5ccc2[n-]5)C=C4)C=C3)c(C)c1.[Mg+2].[Mg+2]. The molecule has 8 aromatic carbocycles. The molecule has 0 saturated carbocycles. The van der Waals surface area contributed by atoms with Crippen LogP contribution in [0.2, 0.25) is 0 Å². The first-order chi connectivity index (χ1) is 55.8. The maximum Gasteiger partial charge on any atom is 2.00 e. The number of H-pyrrole nitrogens is 4. The smallest absolute Gasteiger partial charge is 0.656 e. The topological polar surface area (TPSA) is 113 Å². The van der Waals surface area contributed by atoms with Crippen molar-refractivity contribution in [2.45, 2.75) is 125 Å². The molecule has 0 radical (unpaired) electrons. The zero-order valence-electron chi connectivity index (χ0n) is 71.0. The van der Waals surface area contributed by atoms with Gasteiger partial charge in [0.2, 0.25) is 45.6 Å². The van der Waals surface area contributed by atoms with Crippen molar-refractivity contribution >= 4 is 139 Å². The van der Waals surface area contributed by atoms with Gasteiger partial charge in [-0.25, -0.2) is 19.9 Å². The van der Waals surface area contributed by atoms with E-state index < -0.39 is 0 Å². The Bertz CT molecular complexity index is 6530. The van der Waals surface area contributed by atoms with E-state index in [4.69, 9.17) is 19.9 Å². The molecule has 0 unspecified atom stereocenters. The molecule has 16 bridgehead atoms. The van der Waals surface area contributed by atoms with E-state index >= 15 is 0 Å². The predicted octanol–water partition coefficient (Wildman–Crippen LogP) is 23.3. The first kappa shape index (κ1) is 79.9. The Morgan fingerprint density at radius 1 is 0.178 bits per heavy atom. The van der Waals surface area contributed by atoms with Gasteiger partial charge in [-0.3, -0.25) is 0 Å². The molecule has 4 aliphatic rings.